The Morgan fingerprint density at radius 3 is 2.69 bits per heavy atom. The molecule has 6 nitrogen and oxygen atoms in total. The summed E-state index contributed by atoms with van der Waals surface area (Å²) in [5.41, 5.74) is 1.02. The van der Waals surface area contributed by atoms with Gasteiger partial charge in [-0.15, -0.1) is 0 Å². The van der Waals surface area contributed by atoms with Crippen molar-refractivity contribution in [2.75, 3.05) is 13.7 Å². The summed E-state index contributed by atoms with van der Waals surface area (Å²) in [6.45, 7) is 4.23. The Labute approximate surface area is 189 Å². The molecule has 0 aliphatic heterocycles. The Morgan fingerprint density at radius 1 is 1.28 bits per heavy atom. The SMILES string of the molecule is CCOc1c(OC)cc(C=Nn2c(CC)nc3ccc(Br)cc3c2=O)c(Br)c1Cl. The van der Waals surface area contributed by atoms with Crippen LogP contribution in [-0.4, -0.2) is 29.6 Å². The van der Waals surface area contributed by atoms with E-state index in [2.05, 4.69) is 41.9 Å². The lowest BCUT2D eigenvalue weighted by atomic mass is 10.2. The fourth-order valence-electron chi connectivity index (χ4n) is 2.79. The van der Waals surface area contributed by atoms with Gasteiger partial charge >= 0.3 is 0 Å². The summed E-state index contributed by atoms with van der Waals surface area (Å²) in [6.07, 6.45) is 2.09. The molecule has 3 aromatic rings. The maximum Gasteiger partial charge on any atom is 0.282 e. The zero-order valence-electron chi connectivity index (χ0n) is 16.0. The summed E-state index contributed by atoms with van der Waals surface area (Å²) in [6, 6.07) is 7.14. The third-order valence-electron chi connectivity index (χ3n) is 4.17. The summed E-state index contributed by atoms with van der Waals surface area (Å²) in [5, 5.41) is 5.25. The fourth-order valence-corrected chi connectivity index (χ4v) is 3.81. The smallest absolute Gasteiger partial charge is 0.282 e. The first-order chi connectivity index (χ1) is 13.9. The van der Waals surface area contributed by atoms with Gasteiger partial charge < -0.3 is 9.47 Å². The third kappa shape index (κ3) is 4.34. The molecule has 0 saturated carbocycles. The second-order valence-electron chi connectivity index (χ2n) is 5.96. The fraction of sp³-hybridized carbons (Fsp3) is 0.250. The van der Waals surface area contributed by atoms with Crippen molar-refractivity contribution in [3.05, 3.63) is 60.0 Å². The highest BCUT2D eigenvalue weighted by Crippen LogP contribution is 2.42. The van der Waals surface area contributed by atoms with E-state index in [9.17, 15) is 4.79 Å². The van der Waals surface area contributed by atoms with E-state index < -0.39 is 0 Å². The molecule has 29 heavy (non-hydrogen) atoms. The average molecular weight is 544 g/mol. The first-order valence-electron chi connectivity index (χ1n) is 8.85. The second kappa shape index (κ2) is 9.28. The summed E-state index contributed by atoms with van der Waals surface area (Å²) in [4.78, 5) is 17.6. The van der Waals surface area contributed by atoms with Crippen LogP contribution in [0.2, 0.25) is 5.02 Å². The first-order valence-corrected chi connectivity index (χ1v) is 10.8. The van der Waals surface area contributed by atoms with Crippen molar-refractivity contribution >= 4 is 60.6 Å². The van der Waals surface area contributed by atoms with Crippen LogP contribution >= 0.6 is 43.5 Å². The van der Waals surface area contributed by atoms with Gasteiger partial charge in [-0.2, -0.15) is 9.78 Å². The number of rotatable bonds is 6. The molecule has 1 heterocycles. The molecule has 0 atom stereocenters. The van der Waals surface area contributed by atoms with Crippen molar-refractivity contribution in [1.82, 2.24) is 9.66 Å². The Morgan fingerprint density at radius 2 is 2.03 bits per heavy atom. The Kier molecular flexibility index (Phi) is 6.97. The number of aryl methyl sites for hydroxylation is 1. The highest BCUT2D eigenvalue weighted by Gasteiger charge is 2.17. The van der Waals surface area contributed by atoms with E-state index in [0.29, 0.717) is 56.3 Å². The molecule has 0 aliphatic rings. The average Bonchev–Trinajstić information content (AvgIpc) is 2.72. The van der Waals surface area contributed by atoms with Crippen LogP contribution in [-0.2, 0) is 6.42 Å². The number of methoxy groups -OCH3 is 1. The van der Waals surface area contributed by atoms with E-state index >= 15 is 0 Å². The van der Waals surface area contributed by atoms with E-state index in [1.807, 2.05) is 26.0 Å². The van der Waals surface area contributed by atoms with Crippen LogP contribution in [0, 0.1) is 0 Å². The highest BCUT2D eigenvalue weighted by molar-refractivity contribution is 9.10. The number of hydrogen-bond donors (Lipinski definition) is 0. The van der Waals surface area contributed by atoms with Crippen molar-refractivity contribution < 1.29 is 9.47 Å². The zero-order chi connectivity index (χ0) is 21.1. The van der Waals surface area contributed by atoms with Crippen LogP contribution in [0.25, 0.3) is 10.9 Å². The van der Waals surface area contributed by atoms with Crippen LogP contribution in [0.15, 0.2) is 43.1 Å². The molecule has 0 spiro atoms. The molecule has 152 valence electrons. The number of aromatic nitrogens is 2. The molecule has 0 saturated heterocycles. The minimum atomic E-state index is -0.246. The molecule has 0 bridgehead atoms. The standard InChI is InChI=1S/C20H18Br2ClN3O3/c1-4-16-25-14-7-6-12(21)9-13(14)20(27)26(16)24-10-11-8-15(28-3)19(29-5-2)18(23)17(11)22/h6-10H,4-5H2,1-3H3. The van der Waals surface area contributed by atoms with Gasteiger partial charge in [0.1, 0.15) is 10.8 Å². The van der Waals surface area contributed by atoms with E-state index in [-0.39, 0.29) is 5.56 Å². The van der Waals surface area contributed by atoms with Crippen molar-refractivity contribution in [1.29, 1.82) is 0 Å². The van der Waals surface area contributed by atoms with Crippen LogP contribution < -0.4 is 15.0 Å². The number of nitrogens with zero attached hydrogens (tertiary/aromatic N) is 3. The molecule has 0 aliphatic carbocycles. The van der Waals surface area contributed by atoms with Gasteiger partial charge in [-0.25, -0.2) is 4.98 Å². The largest absolute Gasteiger partial charge is 0.493 e. The molecule has 2 aromatic carbocycles. The number of hydrogen-bond acceptors (Lipinski definition) is 5. The van der Waals surface area contributed by atoms with Crippen molar-refractivity contribution in [3.63, 3.8) is 0 Å². The van der Waals surface area contributed by atoms with E-state index in [0.717, 1.165) is 4.47 Å². The maximum absolute atomic E-state index is 13.0. The van der Waals surface area contributed by atoms with Gasteiger partial charge in [0.2, 0.25) is 0 Å². The molecular formula is C20H18Br2ClN3O3. The molecule has 0 radical (unpaired) electrons. The van der Waals surface area contributed by atoms with Gasteiger partial charge in [0.15, 0.2) is 11.5 Å². The van der Waals surface area contributed by atoms with Gasteiger partial charge in [-0.1, -0.05) is 34.5 Å². The molecule has 0 fully saturated rings. The Hall–Kier alpha value is -1.90. The maximum atomic E-state index is 13.0. The van der Waals surface area contributed by atoms with Crippen molar-refractivity contribution in [2.45, 2.75) is 20.3 Å². The molecule has 0 N–H and O–H groups in total. The topological polar surface area (TPSA) is 65.7 Å². The summed E-state index contributed by atoms with van der Waals surface area (Å²) in [7, 11) is 1.54. The quantitative estimate of drug-likeness (QED) is 0.389. The van der Waals surface area contributed by atoms with Crippen LogP contribution in [0.5, 0.6) is 11.5 Å². The monoisotopic (exact) mass is 541 g/mol. The zero-order valence-corrected chi connectivity index (χ0v) is 19.9. The predicted molar refractivity (Wildman–Crippen MR) is 123 cm³/mol. The van der Waals surface area contributed by atoms with E-state index in [1.54, 1.807) is 18.3 Å². The van der Waals surface area contributed by atoms with Crippen LogP contribution in [0.1, 0.15) is 25.2 Å². The Bertz CT molecular complexity index is 1160. The molecule has 1 aromatic heterocycles. The Balaban J connectivity index is 2.15. The van der Waals surface area contributed by atoms with Gasteiger partial charge in [0, 0.05) is 20.9 Å². The van der Waals surface area contributed by atoms with E-state index in [4.69, 9.17) is 21.1 Å². The lowest BCUT2D eigenvalue weighted by Crippen LogP contribution is -2.22. The number of ether oxygens (including phenoxy) is 2. The number of halogens is 3. The molecule has 0 amide bonds. The number of benzene rings is 2. The van der Waals surface area contributed by atoms with Gasteiger partial charge in [0.05, 0.1) is 30.8 Å². The van der Waals surface area contributed by atoms with Crippen LogP contribution in [0.3, 0.4) is 0 Å². The second-order valence-corrected chi connectivity index (χ2v) is 8.05. The summed E-state index contributed by atoms with van der Waals surface area (Å²) >= 11 is 13.3. The predicted octanol–water partition coefficient (Wildman–Crippen LogP) is 5.43. The van der Waals surface area contributed by atoms with Gasteiger partial charge in [-0.05, 0) is 47.1 Å². The van der Waals surface area contributed by atoms with Gasteiger partial charge in [0.25, 0.3) is 5.56 Å². The first kappa shape index (κ1) is 21.8. The van der Waals surface area contributed by atoms with Crippen molar-refractivity contribution in [2.24, 2.45) is 5.10 Å². The lowest BCUT2D eigenvalue weighted by Gasteiger charge is -2.14. The van der Waals surface area contributed by atoms with Crippen molar-refractivity contribution in [3.8, 4) is 11.5 Å². The summed E-state index contributed by atoms with van der Waals surface area (Å²) in [5.74, 6) is 1.48. The minimum Gasteiger partial charge on any atom is -0.493 e. The molecular weight excluding hydrogens is 525 g/mol. The highest BCUT2D eigenvalue weighted by atomic mass is 79.9. The van der Waals surface area contributed by atoms with E-state index in [1.165, 1.54) is 11.8 Å². The molecule has 0 unspecified atom stereocenters. The number of fused-ring (bicyclic) bond motifs is 1. The van der Waals surface area contributed by atoms with Crippen LogP contribution in [0.4, 0.5) is 0 Å². The lowest BCUT2D eigenvalue weighted by molar-refractivity contribution is 0.311. The third-order valence-corrected chi connectivity index (χ3v) is 6.10. The molecule has 3 rings (SSSR count). The molecule has 9 heteroatoms. The minimum absolute atomic E-state index is 0.246. The normalized spacial score (nSPS) is 11.4. The summed E-state index contributed by atoms with van der Waals surface area (Å²) < 4.78 is 13.7. The van der Waals surface area contributed by atoms with Gasteiger partial charge in [-0.3, -0.25) is 4.79 Å².